The Labute approximate surface area is 173 Å². The Morgan fingerprint density at radius 2 is 1.83 bits per heavy atom. The molecule has 3 aromatic rings. The maximum absolute atomic E-state index is 13.0. The number of aromatic nitrogens is 2. The summed E-state index contributed by atoms with van der Waals surface area (Å²) in [5, 5.41) is 4.06. The predicted octanol–water partition coefficient (Wildman–Crippen LogP) is 3.92. The summed E-state index contributed by atoms with van der Waals surface area (Å²) in [6.45, 7) is 0.646. The van der Waals surface area contributed by atoms with Crippen LogP contribution in [0.2, 0.25) is 0 Å². The zero-order chi connectivity index (χ0) is 20.8. The van der Waals surface area contributed by atoms with Gasteiger partial charge >= 0.3 is 0 Å². The fraction of sp³-hybridized carbons (Fsp3) is 0.318. The Kier molecular flexibility index (Phi) is 6.22. The third-order valence-corrected chi connectivity index (χ3v) is 4.89. The van der Waals surface area contributed by atoms with Crippen LogP contribution in [-0.2, 0) is 11.4 Å². The van der Waals surface area contributed by atoms with Crippen LogP contribution < -0.4 is 9.47 Å². The van der Waals surface area contributed by atoms with E-state index in [2.05, 4.69) is 10.1 Å². The van der Waals surface area contributed by atoms with Crippen molar-refractivity contribution in [3.63, 3.8) is 0 Å². The molecular formula is C22H22FN3O4. The molecule has 1 fully saturated rings. The lowest BCUT2D eigenvalue weighted by Gasteiger charge is -2.33. The van der Waals surface area contributed by atoms with Crippen molar-refractivity contribution >= 4 is 5.91 Å². The highest BCUT2D eigenvalue weighted by molar-refractivity contribution is 5.78. The van der Waals surface area contributed by atoms with Gasteiger partial charge in [0, 0.05) is 6.54 Å². The van der Waals surface area contributed by atoms with Crippen molar-refractivity contribution in [2.75, 3.05) is 13.2 Å². The number of piperidine rings is 1. The smallest absolute Gasteiger partial charge is 0.264 e. The molecule has 0 N–H and O–H groups in total. The molecule has 2 heterocycles. The fourth-order valence-electron chi connectivity index (χ4n) is 3.38. The van der Waals surface area contributed by atoms with E-state index >= 15 is 0 Å². The van der Waals surface area contributed by atoms with Crippen LogP contribution in [0.3, 0.4) is 0 Å². The predicted molar refractivity (Wildman–Crippen MR) is 105 cm³/mol. The van der Waals surface area contributed by atoms with Crippen LogP contribution in [0.15, 0.2) is 59.1 Å². The highest BCUT2D eigenvalue weighted by Crippen LogP contribution is 2.29. The van der Waals surface area contributed by atoms with Gasteiger partial charge in [-0.3, -0.25) is 4.79 Å². The Morgan fingerprint density at radius 1 is 1.07 bits per heavy atom. The fourth-order valence-corrected chi connectivity index (χ4v) is 3.38. The summed E-state index contributed by atoms with van der Waals surface area (Å²) in [6, 6.07) is 14.7. The van der Waals surface area contributed by atoms with Crippen LogP contribution in [0.25, 0.3) is 0 Å². The Morgan fingerprint density at radius 3 is 2.63 bits per heavy atom. The first-order valence-corrected chi connectivity index (χ1v) is 9.87. The monoisotopic (exact) mass is 411 g/mol. The van der Waals surface area contributed by atoms with Crippen molar-refractivity contribution in [2.24, 2.45) is 0 Å². The van der Waals surface area contributed by atoms with Crippen molar-refractivity contribution in [1.82, 2.24) is 15.0 Å². The van der Waals surface area contributed by atoms with Crippen molar-refractivity contribution in [2.45, 2.75) is 31.9 Å². The van der Waals surface area contributed by atoms with Crippen molar-refractivity contribution in [3.8, 4) is 11.5 Å². The quantitative estimate of drug-likeness (QED) is 0.586. The topological polar surface area (TPSA) is 77.7 Å². The van der Waals surface area contributed by atoms with E-state index in [1.807, 2.05) is 30.3 Å². The van der Waals surface area contributed by atoms with Crippen molar-refractivity contribution < 1.29 is 23.2 Å². The Balaban J connectivity index is 1.37. The second kappa shape index (κ2) is 9.39. The molecule has 7 nitrogen and oxygen atoms in total. The lowest BCUT2D eigenvalue weighted by Crippen LogP contribution is -2.41. The van der Waals surface area contributed by atoms with Crippen LogP contribution in [0.5, 0.6) is 11.5 Å². The summed E-state index contributed by atoms with van der Waals surface area (Å²) in [5.74, 6) is 1.47. The number of likely N-dealkylation sites (tertiary alicyclic amines) is 1. The largest absolute Gasteiger partial charge is 0.484 e. The van der Waals surface area contributed by atoms with Crippen LogP contribution in [0.4, 0.5) is 4.39 Å². The highest BCUT2D eigenvalue weighted by atomic mass is 19.1. The summed E-state index contributed by atoms with van der Waals surface area (Å²) in [6.07, 6.45) is 2.66. The Hall–Kier alpha value is -3.42. The number of hydrogen-bond donors (Lipinski definition) is 0. The molecule has 0 aliphatic carbocycles. The third kappa shape index (κ3) is 4.94. The van der Waals surface area contributed by atoms with Crippen LogP contribution in [-0.4, -0.2) is 34.1 Å². The van der Waals surface area contributed by atoms with E-state index in [-0.39, 0.29) is 31.0 Å². The van der Waals surface area contributed by atoms with Gasteiger partial charge < -0.3 is 18.9 Å². The lowest BCUT2D eigenvalue weighted by atomic mass is 10.0. The number of halogens is 1. The summed E-state index contributed by atoms with van der Waals surface area (Å²) >= 11 is 0. The summed E-state index contributed by atoms with van der Waals surface area (Å²) < 4.78 is 29.4. The van der Waals surface area contributed by atoms with E-state index in [4.69, 9.17) is 14.0 Å². The van der Waals surface area contributed by atoms with Gasteiger partial charge in [0.1, 0.15) is 17.3 Å². The molecule has 2 aromatic carbocycles. The zero-order valence-corrected chi connectivity index (χ0v) is 16.4. The minimum atomic E-state index is -0.333. The second-order valence-corrected chi connectivity index (χ2v) is 6.99. The molecule has 0 saturated carbocycles. The van der Waals surface area contributed by atoms with Crippen LogP contribution >= 0.6 is 0 Å². The maximum Gasteiger partial charge on any atom is 0.264 e. The van der Waals surface area contributed by atoms with Gasteiger partial charge in [-0.1, -0.05) is 23.4 Å². The molecule has 8 heteroatoms. The second-order valence-electron chi connectivity index (χ2n) is 6.99. The Bertz CT molecular complexity index is 962. The summed E-state index contributed by atoms with van der Waals surface area (Å²) in [4.78, 5) is 18.9. The van der Waals surface area contributed by atoms with Gasteiger partial charge in [-0.2, -0.15) is 4.98 Å². The van der Waals surface area contributed by atoms with E-state index in [0.29, 0.717) is 29.8 Å². The van der Waals surface area contributed by atoms with Gasteiger partial charge in [-0.25, -0.2) is 4.39 Å². The molecule has 30 heavy (non-hydrogen) atoms. The number of para-hydroxylation sites is 1. The average Bonchev–Trinajstić information content (AvgIpc) is 3.27. The van der Waals surface area contributed by atoms with Gasteiger partial charge in [0.25, 0.3) is 11.8 Å². The molecular weight excluding hydrogens is 389 g/mol. The van der Waals surface area contributed by atoms with Crippen LogP contribution in [0, 0.1) is 5.82 Å². The molecule has 1 aliphatic rings. The number of carbonyl (C=O) groups excluding carboxylic acids is 1. The minimum absolute atomic E-state index is 0.0428. The summed E-state index contributed by atoms with van der Waals surface area (Å²) in [5.41, 5.74) is 0. The van der Waals surface area contributed by atoms with E-state index in [9.17, 15) is 9.18 Å². The molecule has 1 saturated heterocycles. The van der Waals surface area contributed by atoms with Gasteiger partial charge in [-0.05, 0) is 55.7 Å². The summed E-state index contributed by atoms with van der Waals surface area (Å²) in [7, 11) is 0. The molecule has 0 spiro atoms. The molecule has 156 valence electrons. The number of hydrogen-bond acceptors (Lipinski definition) is 6. The van der Waals surface area contributed by atoms with Gasteiger partial charge in [0.05, 0.1) is 6.04 Å². The van der Waals surface area contributed by atoms with Crippen LogP contribution in [0.1, 0.15) is 37.0 Å². The third-order valence-electron chi connectivity index (χ3n) is 4.89. The maximum atomic E-state index is 13.0. The molecule has 0 radical (unpaired) electrons. The zero-order valence-electron chi connectivity index (χ0n) is 16.4. The highest BCUT2D eigenvalue weighted by Gasteiger charge is 2.31. The molecule has 1 aromatic heterocycles. The first-order valence-electron chi connectivity index (χ1n) is 9.87. The number of ether oxygens (including phenoxy) is 2. The van der Waals surface area contributed by atoms with E-state index in [1.165, 1.54) is 24.3 Å². The molecule has 0 bridgehead atoms. The average molecular weight is 411 g/mol. The normalized spacial score (nSPS) is 16.3. The molecule has 1 aliphatic heterocycles. The van der Waals surface area contributed by atoms with Gasteiger partial charge in [0.15, 0.2) is 19.0 Å². The first-order chi connectivity index (χ1) is 14.7. The molecule has 1 atom stereocenters. The number of benzene rings is 2. The van der Waals surface area contributed by atoms with Gasteiger partial charge in [-0.15, -0.1) is 0 Å². The number of rotatable bonds is 7. The van der Waals surface area contributed by atoms with E-state index in [1.54, 1.807) is 4.90 Å². The molecule has 1 amide bonds. The van der Waals surface area contributed by atoms with Crippen molar-refractivity contribution in [3.05, 3.63) is 72.1 Å². The number of carbonyl (C=O) groups is 1. The molecule has 4 rings (SSSR count). The standard InChI is InChI=1S/C22H22FN3O4/c23-16-9-11-18(12-10-16)28-14-20-24-22(25-30-20)19-8-4-5-13-26(19)21(27)15-29-17-6-2-1-3-7-17/h1-3,6-7,9-12,19H,4-5,8,13-15H2. The number of nitrogens with zero attached hydrogens (tertiary/aromatic N) is 3. The first kappa shape index (κ1) is 19.9. The van der Waals surface area contributed by atoms with E-state index in [0.717, 1.165) is 19.3 Å². The van der Waals surface area contributed by atoms with Crippen molar-refractivity contribution in [1.29, 1.82) is 0 Å². The number of amides is 1. The van der Waals surface area contributed by atoms with E-state index < -0.39 is 0 Å². The lowest BCUT2D eigenvalue weighted by molar-refractivity contribution is -0.137. The van der Waals surface area contributed by atoms with Gasteiger partial charge in [0.2, 0.25) is 0 Å². The minimum Gasteiger partial charge on any atom is -0.484 e. The molecule has 1 unspecified atom stereocenters. The SMILES string of the molecule is O=C(COc1ccccc1)N1CCCCC1c1noc(COc2ccc(F)cc2)n1.